The Balaban J connectivity index is 2.30. The van der Waals surface area contributed by atoms with Crippen LogP contribution in [0.15, 0.2) is 0 Å². The number of hydrogen-bond donors (Lipinski definition) is 1. The summed E-state index contributed by atoms with van der Waals surface area (Å²) in [5.74, 6) is 1.08. The highest BCUT2D eigenvalue weighted by Crippen LogP contribution is 2.68. The molecular weight excluding hydrogens is 152 g/mol. The molecule has 1 N–H and O–H groups in total. The van der Waals surface area contributed by atoms with Crippen molar-refractivity contribution in [3.63, 3.8) is 0 Å². The average molecular weight is 168 g/mol. The van der Waals surface area contributed by atoms with Gasteiger partial charge in [-0.05, 0) is 18.3 Å². The van der Waals surface area contributed by atoms with Crippen LogP contribution in [0, 0.1) is 23.2 Å². The first-order valence-corrected chi connectivity index (χ1v) is 4.73. The van der Waals surface area contributed by atoms with Crippen LogP contribution in [0.4, 0.5) is 0 Å². The molecule has 0 saturated heterocycles. The molecule has 4 unspecified atom stereocenters. The van der Waals surface area contributed by atoms with Gasteiger partial charge in [0.1, 0.15) is 6.10 Å². The maximum Gasteiger partial charge on any atom is 0.164 e. The Hall–Kier alpha value is -0.370. The first-order chi connectivity index (χ1) is 5.51. The number of fused-ring (bicyclic) bond motifs is 1. The summed E-state index contributed by atoms with van der Waals surface area (Å²) in [4.78, 5) is 11.4. The minimum Gasteiger partial charge on any atom is -0.385 e. The maximum absolute atomic E-state index is 11.4. The SMILES string of the molecule is CC1C(=O)C(O)C2(C(C)C)CC12. The van der Waals surface area contributed by atoms with E-state index < -0.39 is 6.10 Å². The lowest BCUT2D eigenvalue weighted by atomic mass is 9.87. The molecule has 2 aliphatic carbocycles. The molecule has 2 fully saturated rings. The lowest BCUT2D eigenvalue weighted by Gasteiger charge is -2.20. The van der Waals surface area contributed by atoms with Crippen LogP contribution in [0.1, 0.15) is 27.2 Å². The maximum atomic E-state index is 11.4. The minimum atomic E-state index is -0.669. The fourth-order valence-electron chi connectivity index (χ4n) is 2.97. The average Bonchev–Trinajstić information content (AvgIpc) is 2.71. The van der Waals surface area contributed by atoms with Gasteiger partial charge in [0.15, 0.2) is 5.78 Å². The smallest absolute Gasteiger partial charge is 0.164 e. The van der Waals surface area contributed by atoms with Gasteiger partial charge >= 0.3 is 0 Å². The predicted molar refractivity (Wildman–Crippen MR) is 45.6 cm³/mol. The molecule has 0 radical (unpaired) electrons. The molecular formula is C10H16O2. The number of Topliss-reactive ketones (excluding diaryl/α,β-unsaturated/α-hetero) is 1. The molecule has 0 spiro atoms. The second-order valence-corrected chi connectivity index (χ2v) is 4.67. The molecule has 2 nitrogen and oxygen atoms in total. The van der Waals surface area contributed by atoms with Crippen LogP contribution in [0.25, 0.3) is 0 Å². The number of carbonyl (C=O) groups excluding carboxylic acids is 1. The van der Waals surface area contributed by atoms with Crippen molar-refractivity contribution >= 4 is 5.78 Å². The van der Waals surface area contributed by atoms with E-state index in [9.17, 15) is 9.90 Å². The second kappa shape index (κ2) is 2.11. The van der Waals surface area contributed by atoms with Gasteiger partial charge in [0.05, 0.1) is 0 Å². The summed E-state index contributed by atoms with van der Waals surface area (Å²) in [6.45, 7) is 6.16. The first kappa shape index (κ1) is 8.24. The van der Waals surface area contributed by atoms with E-state index in [0.717, 1.165) is 6.42 Å². The number of aliphatic hydroxyl groups excluding tert-OH is 1. The van der Waals surface area contributed by atoms with Crippen LogP contribution in [0.5, 0.6) is 0 Å². The molecule has 0 aliphatic heterocycles. The van der Waals surface area contributed by atoms with Crippen LogP contribution < -0.4 is 0 Å². The predicted octanol–water partition coefficient (Wildman–Crippen LogP) is 1.23. The van der Waals surface area contributed by atoms with E-state index in [-0.39, 0.29) is 17.1 Å². The van der Waals surface area contributed by atoms with E-state index in [2.05, 4.69) is 13.8 Å². The Bertz CT molecular complexity index is 234. The molecule has 4 atom stereocenters. The van der Waals surface area contributed by atoms with E-state index in [1.807, 2.05) is 6.92 Å². The Morgan fingerprint density at radius 3 is 2.42 bits per heavy atom. The third-order valence-electron chi connectivity index (χ3n) is 4.01. The monoisotopic (exact) mass is 168 g/mol. The van der Waals surface area contributed by atoms with Gasteiger partial charge in [-0.3, -0.25) is 4.79 Å². The highest BCUT2D eigenvalue weighted by molar-refractivity contribution is 5.90. The summed E-state index contributed by atoms with van der Waals surface area (Å²) in [5, 5.41) is 9.75. The van der Waals surface area contributed by atoms with Crippen LogP contribution in [0.2, 0.25) is 0 Å². The zero-order chi connectivity index (χ0) is 9.09. The summed E-state index contributed by atoms with van der Waals surface area (Å²) in [6.07, 6.45) is 0.385. The molecule has 2 saturated carbocycles. The molecule has 68 valence electrons. The fourth-order valence-corrected chi connectivity index (χ4v) is 2.97. The summed E-state index contributed by atoms with van der Waals surface area (Å²) >= 11 is 0. The largest absolute Gasteiger partial charge is 0.385 e. The lowest BCUT2D eigenvalue weighted by molar-refractivity contribution is -0.130. The molecule has 2 rings (SSSR count). The molecule has 0 amide bonds. The minimum absolute atomic E-state index is 0.0312. The third kappa shape index (κ3) is 0.674. The summed E-state index contributed by atoms with van der Waals surface area (Å²) < 4.78 is 0. The summed E-state index contributed by atoms with van der Waals surface area (Å²) in [7, 11) is 0. The van der Waals surface area contributed by atoms with Gasteiger partial charge in [-0.2, -0.15) is 0 Å². The topological polar surface area (TPSA) is 37.3 Å². The van der Waals surface area contributed by atoms with Gasteiger partial charge < -0.3 is 5.11 Å². The zero-order valence-corrected chi connectivity index (χ0v) is 7.87. The molecule has 12 heavy (non-hydrogen) atoms. The van der Waals surface area contributed by atoms with E-state index in [1.165, 1.54) is 0 Å². The van der Waals surface area contributed by atoms with Gasteiger partial charge in [0.2, 0.25) is 0 Å². The molecule has 2 heteroatoms. The lowest BCUT2D eigenvalue weighted by Crippen LogP contribution is -2.31. The standard InChI is InChI=1S/C10H16O2/c1-5(2)10-4-7(10)6(3)8(11)9(10)12/h5-7,9,12H,4H2,1-3H3. The highest BCUT2D eigenvalue weighted by Gasteiger charge is 2.70. The van der Waals surface area contributed by atoms with Crippen molar-refractivity contribution in [1.29, 1.82) is 0 Å². The van der Waals surface area contributed by atoms with Crippen LogP contribution in [0.3, 0.4) is 0 Å². The van der Waals surface area contributed by atoms with E-state index in [4.69, 9.17) is 0 Å². The van der Waals surface area contributed by atoms with Crippen LogP contribution in [-0.4, -0.2) is 17.0 Å². The Kier molecular flexibility index (Phi) is 1.45. The quantitative estimate of drug-likeness (QED) is 0.639. The van der Waals surface area contributed by atoms with Gasteiger partial charge in [0, 0.05) is 11.3 Å². The normalized spacial score (nSPS) is 51.4. The fraction of sp³-hybridized carbons (Fsp3) is 0.900. The van der Waals surface area contributed by atoms with Gasteiger partial charge in [-0.25, -0.2) is 0 Å². The Morgan fingerprint density at radius 2 is 2.17 bits per heavy atom. The molecule has 0 aromatic carbocycles. The molecule has 2 aliphatic rings. The molecule has 0 aromatic heterocycles. The molecule has 0 heterocycles. The zero-order valence-electron chi connectivity index (χ0n) is 7.87. The van der Waals surface area contributed by atoms with Crippen molar-refractivity contribution in [3.8, 4) is 0 Å². The number of rotatable bonds is 1. The number of aliphatic hydroxyl groups is 1. The van der Waals surface area contributed by atoms with Crippen molar-refractivity contribution in [2.24, 2.45) is 23.2 Å². The van der Waals surface area contributed by atoms with E-state index in [0.29, 0.717) is 11.8 Å². The van der Waals surface area contributed by atoms with Crippen molar-refractivity contribution in [1.82, 2.24) is 0 Å². The number of hydrogen-bond acceptors (Lipinski definition) is 2. The molecule has 0 aromatic rings. The highest BCUT2D eigenvalue weighted by atomic mass is 16.3. The van der Waals surface area contributed by atoms with Crippen molar-refractivity contribution < 1.29 is 9.90 Å². The summed E-state index contributed by atoms with van der Waals surface area (Å²) in [6, 6.07) is 0. The Labute approximate surface area is 73.0 Å². The van der Waals surface area contributed by atoms with Gasteiger partial charge in [-0.15, -0.1) is 0 Å². The third-order valence-corrected chi connectivity index (χ3v) is 4.01. The van der Waals surface area contributed by atoms with E-state index in [1.54, 1.807) is 0 Å². The Morgan fingerprint density at radius 1 is 1.58 bits per heavy atom. The van der Waals surface area contributed by atoms with Crippen molar-refractivity contribution in [3.05, 3.63) is 0 Å². The molecule has 0 bridgehead atoms. The first-order valence-electron chi connectivity index (χ1n) is 4.73. The van der Waals surface area contributed by atoms with Crippen molar-refractivity contribution in [2.45, 2.75) is 33.3 Å². The number of carbonyl (C=O) groups is 1. The van der Waals surface area contributed by atoms with E-state index >= 15 is 0 Å². The van der Waals surface area contributed by atoms with Crippen LogP contribution >= 0.6 is 0 Å². The summed E-state index contributed by atoms with van der Waals surface area (Å²) in [5.41, 5.74) is -0.0312. The van der Waals surface area contributed by atoms with Crippen molar-refractivity contribution in [2.75, 3.05) is 0 Å². The van der Waals surface area contributed by atoms with Gasteiger partial charge in [-0.1, -0.05) is 20.8 Å². The second-order valence-electron chi connectivity index (χ2n) is 4.67. The van der Waals surface area contributed by atoms with Crippen LogP contribution in [-0.2, 0) is 4.79 Å². The van der Waals surface area contributed by atoms with Gasteiger partial charge in [0.25, 0.3) is 0 Å². The number of ketones is 1.